The second-order valence-corrected chi connectivity index (χ2v) is 7.49. The molecule has 0 spiro atoms. The Morgan fingerprint density at radius 3 is 2.67 bits per heavy atom. The predicted molar refractivity (Wildman–Crippen MR) is 86.2 cm³/mol. The molecule has 2 aliphatic carbocycles. The SMILES string of the molecule is CCNc1ccc(COC2CC3CCC2(C)C3(C)C)cn1. The Labute approximate surface area is 128 Å². The second kappa shape index (κ2) is 5.28. The van der Waals surface area contributed by atoms with Crippen LogP contribution in [-0.2, 0) is 11.3 Å². The largest absolute Gasteiger partial charge is 0.373 e. The van der Waals surface area contributed by atoms with Crippen LogP contribution in [0.25, 0.3) is 0 Å². The topological polar surface area (TPSA) is 34.1 Å². The highest BCUT2D eigenvalue weighted by molar-refractivity contribution is 5.35. The van der Waals surface area contributed by atoms with E-state index in [4.69, 9.17) is 4.74 Å². The smallest absolute Gasteiger partial charge is 0.125 e. The Balaban J connectivity index is 1.61. The van der Waals surface area contributed by atoms with E-state index in [2.05, 4.69) is 44.1 Å². The molecule has 3 heteroatoms. The van der Waals surface area contributed by atoms with Gasteiger partial charge in [0.2, 0.25) is 0 Å². The number of nitrogens with zero attached hydrogens (tertiary/aromatic N) is 1. The Bertz CT molecular complexity index is 496. The monoisotopic (exact) mass is 288 g/mol. The van der Waals surface area contributed by atoms with E-state index < -0.39 is 0 Å². The van der Waals surface area contributed by atoms with Crippen LogP contribution >= 0.6 is 0 Å². The van der Waals surface area contributed by atoms with Crippen molar-refractivity contribution >= 4 is 5.82 Å². The first-order chi connectivity index (χ1) is 9.97. The molecule has 0 amide bonds. The standard InChI is InChI=1S/C18H28N2O/c1-5-19-16-7-6-13(11-20-16)12-21-15-10-14-8-9-18(15,4)17(14,2)3/h6-7,11,14-15H,5,8-10,12H2,1-4H3,(H,19,20). The molecule has 1 N–H and O–H groups in total. The zero-order valence-electron chi connectivity index (χ0n) is 13.8. The van der Waals surface area contributed by atoms with Gasteiger partial charge in [-0.25, -0.2) is 4.98 Å². The minimum Gasteiger partial charge on any atom is -0.373 e. The van der Waals surface area contributed by atoms with E-state index in [1.807, 2.05) is 12.3 Å². The molecular weight excluding hydrogens is 260 g/mol. The molecule has 1 heterocycles. The summed E-state index contributed by atoms with van der Waals surface area (Å²) in [7, 11) is 0. The number of aromatic nitrogens is 1. The predicted octanol–water partition coefficient (Wildman–Crippen LogP) is 4.24. The fourth-order valence-corrected chi connectivity index (χ4v) is 4.37. The first kappa shape index (κ1) is 14.8. The lowest BCUT2D eigenvalue weighted by Gasteiger charge is -2.38. The van der Waals surface area contributed by atoms with Gasteiger partial charge in [-0.05, 0) is 54.6 Å². The van der Waals surface area contributed by atoms with E-state index in [9.17, 15) is 0 Å². The highest BCUT2D eigenvalue weighted by atomic mass is 16.5. The number of hydrogen-bond acceptors (Lipinski definition) is 3. The van der Waals surface area contributed by atoms with Gasteiger partial charge in [-0.3, -0.25) is 0 Å². The highest BCUT2D eigenvalue weighted by Gasteiger charge is 2.61. The Morgan fingerprint density at radius 1 is 1.33 bits per heavy atom. The lowest BCUT2D eigenvalue weighted by molar-refractivity contribution is -0.0551. The van der Waals surface area contributed by atoms with Crippen LogP contribution in [0, 0.1) is 16.7 Å². The summed E-state index contributed by atoms with van der Waals surface area (Å²) in [5.41, 5.74) is 1.93. The fourth-order valence-electron chi connectivity index (χ4n) is 4.37. The van der Waals surface area contributed by atoms with Gasteiger partial charge in [0.05, 0.1) is 12.7 Å². The molecule has 0 saturated heterocycles. The number of hydrogen-bond donors (Lipinski definition) is 1. The summed E-state index contributed by atoms with van der Waals surface area (Å²) in [6.45, 7) is 11.0. The van der Waals surface area contributed by atoms with Crippen molar-refractivity contribution in [3.05, 3.63) is 23.9 Å². The molecular formula is C18H28N2O. The molecule has 116 valence electrons. The minimum atomic E-state index is 0.342. The van der Waals surface area contributed by atoms with E-state index in [0.717, 1.165) is 18.3 Å². The molecule has 1 aromatic rings. The van der Waals surface area contributed by atoms with Gasteiger partial charge in [0.15, 0.2) is 0 Å². The molecule has 3 nitrogen and oxygen atoms in total. The van der Waals surface area contributed by atoms with Crippen LogP contribution < -0.4 is 5.32 Å². The molecule has 0 aromatic carbocycles. The third-order valence-corrected chi connectivity index (χ3v) is 6.35. The van der Waals surface area contributed by atoms with Crippen molar-refractivity contribution in [1.82, 2.24) is 4.98 Å². The molecule has 21 heavy (non-hydrogen) atoms. The molecule has 0 aliphatic heterocycles. The van der Waals surface area contributed by atoms with Gasteiger partial charge in [-0.1, -0.05) is 26.8 Å². The van der Waals surface area contributed by atoms with Gasteiger partial charge in [-0.2, -0.15) is 0 Å². The van der Waals surface area contributed by atoms with Crippen LogP contribution in [0.1, 0.15) is 52.5 Å². The Kier molecular flexibility index (Phi) is 3.73. The van der Waals surface area contributed by atoms with Crippen molar-refractivity contribution in [2.75, 3.05) is 11.9 Å². The van der Waals surface area contributed by atoms with Crippen molar-refractivity contribution in [2.45, 2.75) is 59.7 Å². The molecule has 3 rings (SSSR count). The average Bonchev–Trinajstić information content (AvgIpc) is 2.80. The Hall–Kier alpha value is -1.09. The van der Waals surface area contributed by atoms with Gasteiger partial charge in [0.1, 0.15) is 5.82 Å². The van der Waals surface area contributed by atoms with Crippen LogP contribution in [-0.4, -0.2) is 17.6 Å². The zero-order valence-corrected chi connectivity index (χ0v) is 13.8. The van der Waals surface area contributed by atoms with Crippen LogP contribution in [0.2, 0.25) is 0 Å². The van der Waals surface area contributed by atoms with Gasteiger partial charge >= 0.3 is 0 Å². The Morgan fingerprint density at radius 2 is 2.14 bits per heavy atom. The second-order valence-electron chi connectivity index (χ2n) is 7.49. The van der Waals surface area contributed by atoms with Gasteiger partial charge in [0, 0.05) is 12.7 Å². The average molecular weight is 288 g/mol. The first-order valence-electron chi connectivity index (χ1n) is 8.28. The summed E-state index contributed by atoms with van der Waals surface area (Å²) >= 11 is 0. The molecule has 3 unspecified atom stereocenters. The van der Waals surface area contributed by atoms with Gasteiger partial charge in [0.25, 0.3) is 0 Å². The van der Waals surface area contributed by atoms with Crippen molar-refractivity contribution < 1.29 is 4.74 Å². The maximum absolute atomic E-state index is 6.30. The van der Waals surface area contributed by atoms with E-state index in [1.54, 1.807) is 0 Å². The number of rotatable bonds is 5. The van der Waals surface area contributed by atoms with E-state index in [0.29, 0.717) is 23.5 Å². The summed E-state index contributed by atoms with van der Waals surface area (Å²) in [4.78, 5) is 4.42. The third-order valence-electron chi connectivity index (χ3n) is 6.35. The van der Waals surface area contributed by atoms with Crippen LogP contribution in [0.4, 0.5) is 5.82 Å². The molecule has 2 bridgehead atoms. The van der Waals surface area contributed by atoms with E-state index >= 15 is 0 Å². The minimum absolute atomic E-state index is 0.342. The first-order valence-corrected chi connectivity index (χ1v) is 8.28. The van der Waals surface area contributed by atoms with Crippen molar-refractivity contribution in [3.8, 4) is 0 Å². The normalized spacial score (nSPS) is 33.3. The third kappa shape index (κ3) is 2.36. The van der Waals surface area contributed by atoms with E-state index in [-0.39, 0.29) is 0 Å². The lowest BCUT2D eigenvalue weighted by atomic mass is 9.70. The van der Waals surface area contributed by atoms with Crippen molar-refractivity contribution in [3.63, 3.8) is 0 Å². The fraction of sp³-hybridized carbons (Fsp3) is 0.722. The van der Waals surface area contributed by atoms with Crippen molar-refractivity contribution in [1.29, 1.82) is 0 Å². The lowest BCUT2D eigenvalue weighted by Crippen LogP contribution is -2.37. The zero-order chi connectivity index (χ0) is 15.1. The molecule has 2 fully saturated rings. The molecule has 3 atom stereocenters. The molecule has 0 radical (unpaired) electrons. The molecule has 2 aliphatic rings. The van der Waals surface area contributed by atoms with Gasteiger partial charge in [-0.15, -0.1) is 0 Å². The summed E-state index contributed by atoms with van der Waals surface area (Å²) < 4.78 is 6.30. The number of pyridine rings is 1. The van der Waals surface area contributed by atoms with Crippen LogP contribution in [0.3, 0.4) is 0 Å². The maximum Gasteiger partial charge on any atom is 0.125 e. The molecule has 2 saturated carbocycles. The number of ether oxygens (including phenoxy) is 1. The number of fused-ring (bicyclic) bond motifs is 2. The summed E-state index contributed by atoms with van der Waals surface area (Å²) in [6, 6.07) is 4.15. The number of nitrogens with one attached hydrogen (secondary N) is 1. The van der Waals surface area contributed by atoms with E-state index in [1.165, 1.54) is 24.8 Å². The summed E-state index contributed by atoms with van der Waals surface area (Å²) in [5, 5.41) is 3.22. The van der Waals surface area contributed by atoms with Crippen LogP contribution in [0.15, 0.2) is 18.3 Å². The quantitative estimate of drug-likeness (QED) is 0.879. The summed E-state index contributed by atoms with van der Waals surface area (Å²) in [5.74, 6) is 1.77. The maximum atomic E-state index is 6.30. The van der Waals surface area contributed by atoms with Gasteiger partial charge < -0.3 is 10.1 Å². The van der Waals surface area contributed by atoms with Crippen molar-refractivity contribution in [2.24, 2.45) is 16.7 Å². The number of anilines is 1. The van der Waals surface area contributed by atoms with Crippen LogP contribution in [0.5, 0.6) is 0 Å². The summed E-state index contributed by atoms with van der Waals surface area (Å²) in [6.07, 6.45) is 6.25. The highest BCUT2D eigenvalue weighted by Crippen LogP contribution is 2.66. The molecule has 1 aromatic heterocycles.